The third kappa shape index (κ3) is 2.89. The summed E-state index contributed by atoms with van der Waals surface area (Å²) in [7, 11) is 0. The Morgan fingerprint density at radius 1 is 1.29 bits per heavy atom. The van der Waals surface area contributed by atoms with Gasteiger partial charge >= 0.3 is 5.97 Å². The highest BCUT2D eigenvalue weighted by Crippen LogP contribution is 2.26. The van der Waals surface area contributed by atoms with Crippen molar-refractivity contribution in [1.82, 2.24) is 10.2 Å². The summed E-state index contributed by atoms with van der Waals surface area (Å²) >= 11 is 0. The minimum absolute atomic E-state index is 0.128. The second-order valence-corrected chi connectivity index (χ2v) is 5.17. The minimum Gasteiger partial charge on any atom is -0.478 e. The number of hydrogen-bond donors (Lipinski definition) is 2. The van der Waals surface area contributed by atoms with Crippen LogP contribution in [0.15, 0.2) is 10.5 Å². The molecule has 6 nitrogen and oxygen atoms in total. The Labute approximate surface area is 123 Å². The van der Waals surface area contributed by atoms with E-state index in [2.05, 4.69) is 15.5 Å². The van der Waals surface area contributed by atoms with Crippen LogP contribution in [-0.4, -0.2) is 21.3 Å². The number of nitrogens with one attached hydrogen (secondary N) is 1. The van der Waals surface area contributed by atoms with Crippen LogP contribution in [0.1, 0.15) is 51.7 Å². The van der Waals surface area contributed by atoms with Crippen molar-refractivity contribution >= 4 is 11.8 Å². The molecule has 0 saturated carbocycles. The first-order valence-electron chi connectivity index (χ1n) is 6.72. The Hall–Kier alpha value is -2.37. The average Bonchev–Trinajstić information content (AvgIpc) is 2.72. The fourth-order valence-corrected chi connectivity index (χ4v) is 2.33. The number of hydrogen-bond acceptors (Lipinski definition) is 5. The highest BCUT2D eigenvalue weighted by molar-refractivity contribution is 5.94. The summed E-state index contributed by atoms with van der Waals surface area (Å²) in [6.07, 6.45) is 0. The number of aromatic carboxylic acids is 1. The largest absolute Gasteiger partial charge is 0.478 e. The second kappa shape index (κ2) is 5.55. The second-order valence-electron chi connectivity index (χ2n) is 5.17. The number of rotatable bonds is 4. The average molecular weight is 289 g/mol. The maximum Gasteiger partial charge on any atom is 0.339 e. The molecular formula is C15H19N3O3. The Morgan fingerprint density at radius 3 is 2.48 bits per heavy atom. The zero-order chi connectivity index (χ0) is 15.7. The van der Waals surface area contributed by atoms with E-state index in [0.717, 1.165) is 17.1 Å². The lowest BCUT2D eigenvalue weighted by Crippen LogP contribution is -2.15. The lowest BCUT2D eigenvalue weighted by Gasteiger charge is -2.16. The topological polar surface area (TPSA) is 88.2 Å². The van der Waals surface area contributed by atoms with Gasteiger partial charge in [-0.3, -0.25) is 0 Å². The van der Waals surface area contributed by atoms with E-state index in [-0.39, 0.29) is 17.4 Å². The lowest BCUT2D eigenvalue weighted by molar-refractivity contribution is 0.0696. The van der Waals surface area contributed by atoms with E-state index in [9.17, 15) is 9.90 Å². The van der Waals surface area contributed by atoms with E-state index in [4.69, 9.17) is 4.42 Å². The molecule has 21 heavy (non-hydrogen) atoms. The fraction of sp³-hybridized carbons (Fsp3) is 0.400. The zero-order valence-electron chi connectivity index (χ0n) is 12.8. The van der Waals surface area contributed by atoms with Crippen LogP contribution in [0.5, 0.6) is 0 Å². The molecular weight excluding hydrogens is 270 g/mol. The van der Waals surface area contributed by atoms with Crippen molar-refractivity contribution in [2.75, 3.05) is 5.32 Å². The third-order valence-electron chi connectivity index (χ3n) is 3.57. The summed E-state index contributed by atoms with van der Waals surface area (Å²) in [5.41, 5.74) is 2.37. The maximum atomic E-state index is 11.5. The normalized spacial score (nSPS) is 12.2. The number of carboxylic acid groups (broad SMARTS) is 1. The first-order chi connectivity index (χ1) is 9.81. The molecule has 0 radical (unpaired) electrons. The summed E-state index contributed by atoms with van der Waals surface area (Å²) in [5, 5.41) is 20.5. The fourth-order valence-electron chi connectivity index (χ4n) is 2.33. The molecule has 0 aliphatic rings. The van der Waals surface area contributed by atoms with Gasteiger partial charge in [-0.25, -0.2) is 4.79 Å². The minimum atomic E-state index is -1.01. The molecule has 0 aromatic carbocycles. The van der Waals surface area contributed by atoms with Crippen molar-refractivity contribution in [1.29, 1.82) is 0 Å². The summed E-state index contributed by atoms with van der Waals surface area (Å²) in [5.74, 6) is 0.888. The molecule has 0 saturated heterocycles. The van der Waals surface area contributed by atoms with Gasteiger partial charge in [0.15, 0.2) is 5.82 Å². The summed E-state index contributed by atoms with van der Waals surface area (Å²) in [4.78, 5) is 11.5. The summed E-state index contributed by atoms with van der Waals surface area (Å²) in [6.45, 7) is 9.16. The summed E-state index contributed by atoms with van der Waals surface area (Å²) in [6, 6.07) is 1.80. The van der Waals surface area contributed by atoms with E-state index in [1.165, 1.54) is 0 Å². The van der Waals surface area contributed by atoms with Crippen LogP contribution >= 0.6 is 0 Å². The summed E-state index contributed by atoms with van der Waals surface area (Å²) < 4.78 is 5.50. The van der Waals surface area contributed by atoms with Crippen molar-refractivity contribution in [3.05, 3.63) is 40.0 Å². The molecule has 6 heteroatoms. The lowest BCUT2D eigenvalue weighted by atomic mass is 10.1. The van der Waals surface area contributed by atoms with Crippen LogP contribution < -0.4 is 5.32 Å². The highest BCUT2D eigenvalue weighted by atomic mass is 16.4. The number of carbonyl (C=O) groups is 1. The molecule has 1 atom stereocenters. The van der Waals surface area contributed by atoms with E-state index in [1.807, 2.05) is 26.8 Å². The van der Waals surface area contributed by atoms with Gasteiger partial charge in [0.2, 0.25) is 0 Å². The maximum absolute atomic E-state index is 11.5. The van der Waals surface area contributed by atoms with Gasteiger partial charge in [0.25, 0.3) is 0 Å². The Kier molecular flexibility index (Phi) is 3.97. The van der Waals surface area contributed by atoms with Crippen molar-refractivity contribution in [2.24, 2.45) is 0 Å². The standard InChI is InChI=1S/C15H19N3O3/c1-7-6-12(11(5)21-7)10(4)16-14-13(15(19)20)8(2)9(3)17-18-14/h6,10H,1-5H3,(H,16,18)(H,19,20). The van der Waals surface area contributed by atoms with Crippen LogP contribution in [-0.2, 0) is 0 Å². The molecule has 0 spiro atoms. The van der Waals surface area contributed by atoms with E-state index in [0.29, 0.717) is 11.3 Å². The van der Waals surface area contributed by atoms with Crippen molar-refractivity contribution < 1.29 is 14.3 Å². The van der Waals surface area contributed by atoms with Crippen molar-refractivity contribution in [3.8, 4) is 0 Å². The van der Waals surface area contributed by atoms with Crippen LogP contribution in [0, 0.1) is 27.7 Å². The molecule has 1 unspecified atom stereocenters. The van der Waals surface area contributed by atoms with E-state index < -0.39 is 5.97 Å². The van der Waals surface area contributed by atoms with Gasteiger partial charge in [0.05, 0.1) is 11.7 Å². The monoisotopic (exact) mass is 289 g/mol. The Balaban J connectivity index is 2.38. The van der Waals surface area contributed by atoms with Crippen LogP contribution in [0.4, 0.5) is 5.82 Å². The molecule has 0 amide bonds. The molecule has 0 bridgehead atoms. The molecule has 2 N–H and O–H groups in total. The molecule has 2 rings (SSSR count). The van der Waals surface area contributed by atoms with Gasteiger partial charge in [-0.05, 0) is 46.2 Å². The third-order valence-corrected chi connectivity index (χ3v) is 3.57. The van der Waals surface area contributed by atoms with Crippen LogP contribution in [0.25, 0.3) is 0 Å². The molecule has 0 fully saturated rings. The molecule has 2 aromatic rings. The van der Waals surface area contributed by atoms with E-state index in [1.54, 1.807) is 13.8 Å². The predicted molar refractivity (Wildman–Crippen MR) is 78.7 cm³/mol. The number of aromatic nitrogens is 2. The van der Waals surface area contributed by atoms with Crippen molar-refractivity contribution in [3.63, 3.8) is 0 Å². The highest BCUT2D eigenvalue weighted by Gasteiger charge is 2.20. The predicted octanol–water partition coefficient (Wildman–Crippen LogP) is 3.17. The van der Waals surface area contributed by atoms with Crippen LogP contribution in [0.2, 0.25) is 0 Å². The molecule has 0 aliphatic carbocycles. The van der Waals surface area contributed by atoms with Gasteiger partial charge in [0, 0.05) is 5.56 Å². The molecule has 2 heterocycles. The number of carboxylic acids is 1. The van der Waals surface area contributed by atoms with Gasteiger partial charge in [-0.2, -0.15) is 5.10 Å². The van der Waals surface area contributed by atoms with Crippen molar-refractivity contribution in [2.45, 2.75) is 40.7 Å². The number of nitrogens with zero attached hydrogens (tertiary/aromatic N) is 2. The Bertz CT molecular complexity index is 692. The number of anilines is 1. The van der Waals surface area contributed by atoms with Gasteiger partial charge in [-0.15, -0.1) is 5.10 Å². The smallest absolute Gasteiger partial charge is 0.339 e. The molecule has 2 aromatic heterocycles. The van der Waals surface area contributed by atoms with Gasteiger partial charge in [-0.1, -0.05) is 0 Å². The van der Waals surface area contributed by atoms with Gasteiger partial charge in [0.1, 0.15) is 17.1 Å². The Morgan fingerprint density at radius 2 is 1.95 bits per heavy atom. The zero-order valence-corrected chi connectivity index (χ0v) is 12.8. The first kappa shape index (κ1) is 15.0. The molecule has 0 aliphatic heterocycles. The van der Waals surface area contributed by atoms with Gasteiger partial charge < -0.3 is 14.8 Å². The number of aryl methyl sites for hydroxylation is 3. The SMILES string of the molecule is Cc1cc(C(C)Nc2nnc(C)c(C)c2C(=O)O)c(C)o1. The van der Waals surface area contributed by atoms with Crippen LogP contribution in [0.3, 0.4) is 0 Å². The van der Waals surface area contributed by atoms with E-state index >= 15 is 0 Å². The molecule has 112 valence electrons. The number of furan rings is 1. The first-order valence-corrected chi connectivity index (χ1v) is 6.72. The quantitative estimate of drug-likeness (QED) is 0.898.